The van der Waals surface area contributed by atoms with Gasteiger partial charge in [0.15, 0.2) is 5.96 Å². The number of ether oxygens (including phenoxy) is 1. The van der Waals surface area contributed by atoms with Crippen molar-refractivity contribution >= 4 is 35.6 Å². The summed E-state index contributed by atoms with van der Waals surface area (Å²) < 4.78 is 7.44. The van der Waals surface area contributed by atoms with Gasteiger partial charge in [0.05, 0.1) is 11.9 Å². The van der Waals surface area contributed by atoms with Crippen LogP contribution in [0, 0.1) is 0 Å². The van der Waals surface area contributed by atoms with Crippen LogP contribution in [-0.4, -0.2) is 86.2 Å². The summed E-state index contributed by atoms with van der Waals surface area (Å²) in [6, 6.07) is 0.384. The molecule has 3 heterocycles. The molecule has 9 heteroatoms. The van der Waals surface area contributed by atoms with E-state index in [1.807, 2.05) is 25.0 Å². The van der Waals surface area contributed by atoms with Crippen LogP contribution in [0.5, 0.6) is 0 Å². The lowest BCUT2D eigenvalue weighted by molar-refractivity contribution is -0.00503. The van der Waals surface area contributed by atoms with Gasteiger partial charge in [0, 0.05) is 64.7 Å². The second-order valence-electron chi connectivity index (χ2n) is 7.96. The summed E-state index contributed by atoms with van der Waals surface area (Å²) in [5.41, 5.74) is 1.32. The minimum Gasteiger partial charge on any atom is -0.381 e. The quantitative estimate of drug-likeness (QED) is 0.357. The molecular formula is C19H36IN7O. The topological polar surface area (TPSA) is 70.0 Å². The Bertz CT molecular complexity index is 628. The second-order valence-corrected chi connectivity index (χ2v) is 7.96. The first-order valence-corrected chi connectivity index (χ1v) is 9.98. The van der Waals surface area contributed by atoms with Crippen LogP contribution < -0.4 is 15.5 Å². The van der Waals surface area contributed by atoms with Crippen LogP contribution >= 0.6 is 24.0 Å². The van der Waals surface area contributed by atoms with Crippen molar-refractivity contribution in [3.05, 3.63) is 12.4 Å². The molecular weight excluding hydrogens is 469 g/mol. The normalized spacial score (nSPS) is 22.7. The summed E-state index contributed by atoms with van der Waals surface area (Å²) in [7, 11) is 8.14. The fourth-order valence-electron chi connectivity index (χ4n) is 4.07. The fourth-order valence-corrected chi connectivity index (χ4v) is 4.07. The standard InChI is InChI=1S/C19H35N7O.HI/c1-20-18(21-15-19(24(2)3)7-10-27-11-8-19)23-16-6-5-9-26(13-16)17-12-22-25(4)14-17;/h12,14,16H,5-11,13,15H2,1-4H3,(H2,20,21,23);1H. The van der Waals surface area contributed by atoms with Gasteiger partial charge in [-0.05, 0) is 39.8 Å². The number of halogens is 1. The number of aryl methyl sites for hydroxylation is 1. The van der Waals surface area contributed by atoms with E-state index >= 15 is 0 Å². The highest BCUT2D eigenvalue weighted by atomic mass is 127. The van der Waals surface area contributed by atoms with Crippen molar-refractivity contribution in [1.29, 1.82) is 0 Å². The van der Waals surface area contributed by atoms with Gasteiger partial charge >= 0.3 is 0 Å². The lowest BCUT2D eigenvalue weighted by Gasteiger charge is -2.43. The third-order valence-corrected chi connectivity index (χ3v) is 6.00. The molecule has 28 heavy (non-hydrogen) atoms. The molecule has 8 nitrogen and oxygen atoms in total. The van der Waals surface area contributed by atoms with Crippen molar-refractivity contribution in [2.24, 2.45) is 12.0 Å². The number of likely N-dealkylation sites (N-methyl/N-ethyl adjacent to an activating group) is 1. The summed E-state index contributed by atoms with van der Waals surface area (Å²) >= 11 is 0. The number of rotatable bonds is 5. The van der Waals surface area contributed by atoms with Gasteiger partial charge in [-0.2, -0.15) is 5.10 Å². The summed E-state index contributed by atoms with van der Waals surface area (Å²) in [5.74, 6) is 0.890. The zero-order chi connectivity index (χ0) is 19.3. The van der Waals surface area contributed by atoms with E-state index in [0.717, 1.165) is 58.1 Å². The Kier molecular flexibility index (Phi) is 8.81. The molecule has 0 saturated carbocycles. The van der Waals surface area contributed by atoms with Gasteiger partial charge in [-0.25, -0.2) is 0 Å². The zero-order valence-corrected chi connectivity index (χ0v) is 20.0. The number of guanidine groups is 1. The van der Waals surface area contributed by atoms with Crippen molar-refractivity contribution in [2.45, 2.75) is 37.3 Å². The summed E-state index contributed by atoms with van der Waals surface area (Å²) in [6.07, 6.45) is 8.44. The van der Waals surface area contributed by atoms with Gasteiger partial charge in [0.1, 0.15) is 0 Å². The molecule has 1 unspecified atom stereocenters. The van der Waals surface area contributed by atoms with Crippen LogP contribution in [0.25, 0.3) is 0 Å². The lowest BCUT2D eigenvalue weighted by atomic mass is 9.88. The highest BCUT2D eigenvalue weighted by Crippen LogP contribution is 2.25. The van der Waals surface area contributed by atoms with E-state index in [2.05, 4.69) is 50.8 Å². The van der Waals surface area contributed by atoms with Crippen molar-refractivity contribution < 1.29 is 4.74 Å². The number of anilines is 1. The Balaban J connectivity index is 0.00000280. The molecule has 0 bridgehead atoms. The zero-order valence-electron chi connectivity index (χ0n) is 17.6. The maximum atomic E-state index is 5.57. The largest absolute Gasteiger partial charge is 0.381 e. The van der Waals surface area contributed by atoms with E-state index in [-0.39, 0.29) is 29.5 Å². The third-order valence-electron chi connectivity index (χ3n) is 6.00. The lowest BCUT2D eigenvalue weighted by Crippen LogP contribution is -2.58. The van der Waals surface area contributed by atoms with E-state index in [1.54, 1.807) is 0 Å². The van der Waals surface area contributed by atoms with E-state index in [4.69, 9.17) is 4.74 Å². The van der Waals surface area contributed by atoms with E-state index in [1.165, 1.54) is 12.1 Å². The number of aliphatic imine (C=N–C) groups is 1. The second kappa shape index (κ2) is 10.6. The molecule has 0 aliphatic carbocycles. The highest BCUT2D eigenvalue weighted by Gasteiger charge is 2.35. The molecule has 2 fully saturated rings. The van der Waals surface area contributed by atoms with Crippen LogP contribution in [0.1, 0.15) is 25.7 Å². The van der Waals surface area contributed by atoms with Crippen molar-refractivity contribution in [2.75, 3.05) is 58.9 Å². The monoisotopic (exact) mass is 505 g/mol. The molecule has 2 saturated heterocycles. The molecule has 1 aromatic rings. The molecule has 3 rings (SSSR count). The highest BCUT2D eigenvalue weighted by molar-refractivity contribution is 14.0. The van der Waals surface area contributed by atoms with Crippen molar-refractivity contribution in [3.63, 3.8) is 0 Å². The Morgan fingerprint density at radius 3 is 2.75 bits per heavy atom. The van der Waals surface area contributed by atoms with Crippen LogP contribution in [0.3, 0.4) is 0 Å². The van der Waals surface area contributed by atoms with E-state index in [9.17, 15) is 0 Å². The van der Waals surface area contributed by atoms with Crippen LogP contribution in [0.4, 0.5) is 5.69 Å². The van der Waals surface area contributed by atoms with E-state index < -0.39 is 0 Å². The molecule has 0 aromatic carbocycles. The van der Waals surface area contributed by atoms with Crippen LogP contribution in [0.2, 0.25) is 0 Å². The van der Waals surface area contributed by atoms with Crippen molar-refractivity contribution in [1.82, 2.24) is 25.3 Å². The van der Waals surface area contributed by atoms with Gasteiger partial charge in [-0.1, -0.05) is 0 Å². The average Bonchev–Trinajstić information content (AvgIpc) is 3.12. The minimum atomic E-state index is 0. The van der Waals surface area contributed by atoms with E-state index in [0.29, 0.717) is 6.04 Å². The van der Waals surface area contributed by atoms with Gasteiger partial charge in [-0.3, -0.25) is 9.67 Å². The Morgan fingerprint density at radius 2 is 2.14 bits per heavy atom. The van der Waals surface area contributed by atoms with Gasteiger partial charge in [0.2, 0.25) is 0 Å². The molecule has 0 spiro atoms. The summed E-state index contributed by atoms with van der Waals surface area (Å²) in [4.78, 5) is 9.21. The Morgan fingerprint density at radius 1 is 1.39 bits per heavy atom. The summed E-state index contributed by atoms with van der Waals surface area (Å²) in [6.45, 7) is 4.59. The van der Waals surface area contributed by atoms with Gasteiger partial charge in [-0.15, -0.1) is 24.0 Å². The Hall–Kier alpha value is -1.07. The number of nitrogens with one attached hydrogen (secondary N) is 2. The van der Waals surface area contributed by atoms with Crippen LogP contribution in [-0.2, 0) is 11.8 Å². The Labute approximate surface area is 186 Å². The molecule has 0 amide bonds. The molecule has 2 N–H and O–H groups in total. The number of piperidine rings is 1. The van der Waals surface area contributed by atoms with Gasteiger partial charge < -0.3 is 25.2 Å². The molecule has 2 aliphatic rings. The first-order valence-electron chi connectivity index (χ1n) is 9.98. The van der Waals surface area contributed by atoms with Crippen molar-refractivity contribution in [3.8, 4) is 0 Å². The molecule has 1 atom stereocenters. The number of hydrogen-bond donors (Lipinski definition) is 2. The maximum absolute atomic E-state index is 5.57. The number of aromatic nitrogens is 2. The molecule has 2 aliphatic heterocycles. The first-order chi connectivity index (χ1) is 13.0. The first kappa shape index (κ1) is 23.2. The number of hydrogen-bond acceptors (Lipinski definition) is 5. The number of nitrogens with zero attached hydrogens (tertiary/aromatic N) is 5. The summed E-state index contributed by atoms with van der Waals surface area (Å²) in [5, 5.41) is 11.5. The third kappa shape index (κ3) is 5.73. The van der Waals surface area contributed by atoms with Crippen LogP contribution in [0.15, 0.2) is 17.4 Å². The maximum Gasteiger partial charge on any atom is 0.191 e. The smallest absolute Gasteiger partial charge is 0.191 e. The SMILES string of the molecule is CN=C(NCC1(N(C)C)CCOCC1)NC1CCCN(c2cnn(C)c2)C1.I. The molecule has 1 aromatic heterocycles. The minimum absolute atomic E-state index is 0. The predicted molar refractivity (Wildman–Crippen MR) is 125 cm³/mol. The molecule has 0 radical (unpaired) electrons. The fraction of sp³-hybridized carbons (Fsp3) is 0.789. The average molecular weight is 505 g/mol. The van der Waals surface area contributed by atoms with Gasteiger partial charge in [0.25, 0.3) is 0 Å². The molecule has 160 valence electrons. The predicted octanol–water partition coefficient (Wildman–Crippen LogP) is 1.28.